The van der Waals surface area contributed by atoms with Gasteiger partial charge < -0.3 is 50.0 Å². The first-order valence-electron chi connectivity index (χ1n) is 19.5. The summed E-state index contributed by atoms with van der Waals surface area (Å²) in [5, 5.41) is 54.8. The standard InChI is InChI=1S/C43H54N2O13/c1-22-26(55-37(52)32(49)30(24-15-11-9-12-16-24)45-38(53)58-39(3,4)5)20-43(54)35(56-36(51)25-17-13-10-14-18-25)33-41(8,34(50)31(48)29(22)40(43,6)7)28(47)19-27-42(33,21-44-27)57-23(2)46/h9-18,26-28,30-33,35,44,47-49,54H,19-21H2,1-8H3,(H,45,53)/t26-,27+,28-,30-,31+,32+,33?,35?,41+,42-,43+/m0/s1. The number of fused-ring (bicyclic) bond motifs is 5. The Morgan fingerprint density at radius 2 is 1.55 bits per heavy atom. The second kappa shape index (κ2) is 15.2. The Kier molecular flexibility index (Phi) is 11.2. The molecule has 6 rings (SSSR count). The normalized spacial score (nSPS) is 33.7. The minimum atomic E-state index is -2.33. The molecule has 1 aliphatic heterocycles. The molecule has 0 radical (unpaired) electrons. The third-order valence-corrected chi connectivity index (χ3v) is 12.7. The van der Waals surface area contributed by atoms with Gasteiger partial charge in [-0.15, -0.1) is 0 Å². The number of aliphatic hydroxyl groups is 4. The lowest BCUT2D eigenvalue weighted by molar-refractivity contribution is -0.283. The third-order valence-electron chi connectivity index (χ3n) is 12.7. The Morgan fingerprint density at radius 3 is 2.10 bits per heavy atom. The molecule has 0 aromatic heterocycles. The Labute approximate surface area is 337 Å². The number of nitrogens with one attached hydrogen (secondary N) is 2. The fraction of sp³-hybridized carbons (Fsp3) is 0.558. The van der Waals surface area contributed by atoms with Crippen LogP contribution in [0.3, 0.4) is 0 Å². The number of hydrogen-bond acceptors (Lipinski definition) is 14. The zero-order valence-corrected chi connectivity index (χ0v) is 34.0. The number of aliphatic hydroxyl groups excluding tert-OH is 3. The second-order valence-electron chi connectivity index (χ2n) is 17.7. The average molecular weight is 807 g/mol. The summed E-state index contributed by atoms with van der Waals surface area (Å²) >= 11 is 0. The van der Waals surface area contributed by atoms with Gasteiger partial charge in [-0.25, -0.2) is 14.4 Å². The van der Waals surface area contributed by atoms with Gasteiger partial charge in [0.1, 0.15) is 35.1 Å². The number of alkyl carbamates (subject to hydrolysis) is 1. The number of benzene rings is 2. The fourth-order valence-electron chi connectivity index (χ4n) is 9.73. The largest absolute Gasteiger partial charge is 0.456 e. The molecule has 6 N–H and O–H groups in total. The number of ether oxygens (including phenoxy) is 4. The quantitative estimate of drug-likeness (QED) is 0.128. The summed E-state index contributed by atoms with van der Waals surface area (Å²) < 4.78 is 23.8. The summed E-state index contributed by atoms with van der Waals surface area (Å²) in [6.07, 6.45) is -10.2. The number of ketones is 1. The van der Waals surface area contributed by atoms with E-state index < -0.39 is 112 Å². The summed E-state index contributed by atoms with van der Waals surface area (Å²) in [6.45, 7) is 12.1. The van der Waals surface area contributed by atoms with Crippen LogP contribution in [-0.2, 0) is 33.3 Å². The maximum Gasteiger partial charge on any atom is 0.408 e. The van der Waals surface area contributed by atoms with E-state index in [9.17, 15) is 44.4 Å². The van der Waals surface area contributed by atoms with Crippen LogP contribution in [0.15, 0.2) is 71.8 Å². The monoisotopic (exact) mass is 806 g/mol. The van der Waals surface area contributed by atoms with Crippen LogP contribution >= 0.6 is 0 Å². The highest BCUT2D eigenvalue weighted by Gasteiger charge is 2.77. The van der Waals surface area contributed by atoms with E-state index in [1.807, 2.05) is 0 Å². The number of rotatable bonds is 8. The van der Waals surface area contributed by atoms with Crippen molar-refractivity contribution in [2.45, 2.75) is 128 Å². The Balaban J connectivity index is 1.49. The summed E-state index contributed by atoms with van der Waals surface area (Å²) in [5.74, 6) is -5.20. The molecule has 2 unspecified atom stereocenters. The van der Waals surface area contributed by atoms with Gasteiger partial charge in [-0.05, 0) is 69.9 Å². The molecule has 2 saturated carbocycles. The van der Waals surface area contributed by atoms with Crippen LogP contribution in [0, 0.1) is 16.7 Å². The molecule has 58 heavy (non-hydrogen) atoms. The molecule has 3 fully saturated rings. The molecule has 3 aliphatic carbocycles. The first-order valence-corrected chi connectivity index (χ1v) is 19.5. The average Bonchev–Trinajstić information content (AvgIpc) is 3.14. The van der Waals surface area contributed by atoms with Crippen molar-refractivity contribution in [2.75, 3.05) is 6.54 Å². The van der Waals surface area contributed by atoms with Gasteiger partial charge in [0.05, 0.1) is 35.1 Å². The van der Waals surface area contributed by atoms with E-state index in [0.29, 0.717) is 5.56 Å². The number of carbonyl (C=O) groups excluding carboxylic acids is 5. The smallest absolute Gasteiger partial charge is 0.408 e. The van der Waals surface area contributed by atoms with Gasteiger partial charge in [0.15, 0.2) is 11.9 Å². The maximum atomic E-state index is 15.0. The molecule has 0 spiro atoms. The number of Topliss-reactive ketones (excluding diaryl/α,β-unsaturated/α-hetero) is 1. The van der Waals surface area contributed by atoms with Crippen molar-refractivity contribution in [2.24, 2.45) is 16.7 Å². The third kappa shape index (κ3) is 7.10. The van der Waals surface area contributed by atoms with Crippen LogP contribution < -0.4 is 10.6 Å². The maximum absolute atomic E-state index is 15.0. The van der Waals surface area contributed by atoms with Gasteiger partial charge in [0, 0.05) is 25.3 Å². The molecule has 15 heteroatoms. The van der Waals surface area contributed by atoms with Crippen molar-refractivity contribution in [3.63, 3.8) is 0 Å². The van der Waals surface area contributed by atoms with Crippen molar-refractivity contribution >= 4 is 29.8 Å². The first kappa shape index (κ1) is 42.9. The van der Waals surface area contributed by atoms with E-state index >= 15 is 0 Å². The molecule has 1 amide bonds. The Bertz CT molecular complexity index is 1980. The van der Waals surface area contributed by atoms with Gasteiger partial charge in [0.2, 0.25) is 0 Å². The van der Waals surface area contributed by atoms with Gasteiger partial charge in [-0.2, -0.15) is 0 Å². The van der Waals surface area contributed by atoms with Crippen molar-refractivity contribution in [3.05, 3.63) is 82.9 Å². The van der Waals surface area contributed by atoms with Crippen LogP contribution in [0.5, 0.6) is 0 Å². The topological polar surface area (TPSA) is 227 Å². The summed E-state index contributed by atoms with van der Waals surface area (Å²) in [7, 11) is 0. The SMILES string of the molecule is CC(=O)O[C@@]12CN[C@@H]1C[C@H](O)[C@@]1(C)C(=O)[C@H](O)C3=C(C)[C@@H](OC(=O)[C@H](O)[C@@H](NC(=O)OC(C)(C)C)c4ccccc4)C[C@@](O)(C(OC(=O)c4ccccc4)C12)C3(C)C. The summed E-state index contributed by atoms with van der Waals surface area (Å²) in [5.41, 5.74) is -7.88. The predicted molar refractivity (Wildman–Crippen MR) is 206 cm³/mol. The molecule has 1 saturated heterocycles. The van der Waals surface area contributed by atoms with Crippen molar-refractivity contribution in [3.8, 4) is 0 Å². The lowest BCUT2D eigenvalue weighted by atomic mass is 9.44. The van der Waals surface area contributed by atoms with E-state index in [1.165, 1.54) is 32.9 Å². The van der Waals surface area contributed by atoms with Crippen LogP contribution in [-0.4, -0.2) is 110 Å². The second-order valence-corrected chi connectivity index (χ2v) is 17.7. The summed E-state index contributed by atoms with van der Waals surface area (Å²) in [4.78, 5) is 69.0. The molecule has 11 atom stereocenters. The van der Waals surface area contributed by atoms with Crippen LogP contribution in [0.1, 0.15) is 90.2 Å². The van der Waals surface area contributed by atoms with Gasteiger partial charge in [-0.1, -0.05) is 62.4 Å². The van der Waals surface area contributed by atoms with Crippen molar-refractivity contribution in [1.29, 1.82) is 0 Å². The molecule has 15 nitrogen and oxygen atoms in total. The lowest BCUT2D eigenvalue weighted by Gasteiger charge is -2.68. The minimum Gasteiger partial charge on any atom is -0.456 e. The molecular formula is C43H54N2O13. The highest BCUT2D eigenvalue weighted by molar-refractivity contribution is 5.94. The van der Waals surface area contributed by atoms with E-state index in [4.69, 9.17) is 18.9 Å². The van der Waals surface area contributed by atoms with Gasteiger partial charge >= 0.3 is 24.0 Å². The van der Waals surface area contributed by atoms with Gasteiger partial charge in [0.25, 0.3) is 0 Å². The number of hydrogen-bond donors (Lipinski definition) is 6. The van der Waals surface area contributed by atoms with E-state index in [-0.39, 0.29) is 29.7 Å². The first-order chi connectivity index (χ1) is 27.0. The zero-order valence-electron chi connectivity index (χ0n) is 34.0. The molecule has 2 aromatic rings. The molecular weight excluding hydrogens is 752 g/mol. The van der Waals surface area contributed by atoms with Crippen LogP contribution in [0.25, 0.3) is 0 Å². The number of esters is 3. The van der Waals surface area contributed by atoms with E-state index in [2.05, 4.69) is 10.6 Å². The van der Waals surface area contributed by atoms with E-state index in [0.717, 1.165) is 0 Å². The Hall–Kier alpha value is -4.67. The van der Waals surface area contributed by atoms with E-state index in [1.54, 1.807) is 83.1 Å². The summed E-state index contributed by atoms with van der Waals surface area (Å²) in [6, 6.07) is 14.0. The molecule has 314 valence electrons. The highest BCUT2D eigenvalue weighted by atomic mass is 16.6. The number of carbonyl (C=O) groups is 5. The van der Waals surface area contributed by atoms with Crippen molar-refractivity contribution < 1.29 is 63.3 Å². The van der Waals surface area contributed by atoms with Crippen molar-refractivity contribution in [1.82, 2.24) is 10.6 Å². The van der Waals surface area contributed by atoms with Crippen LogP contribution in [0.2, 0.25) is 0 Å². The van der Waals surface area contributed by atoms with Gasteiger partial charge in [-0.3, -0.25) is 9.59 Å². The zero-order chi connectivity index (χ0) is 42.7. The molecule has 4 aliphatic rings. The molecule has 2 aromatic carbocycles. The highest BCUT2D eigenvalue weighted by Crippen LogP contribution is 2.63. The molecule has 2 bridgehead atoms. The number of amides is 1. The van der Waals surface area contributed by atoms with Crippen LogP contribution in [0.4, 0.5) is 4.79 Å². The fourth-order valence-corrected chi connectivity index (χ4v) is 9.73. The lowest BCUT2D eigenvalue weighted by Crippen LogP contribution is -2.85. The predicted octanol–water partition coefficient (Wildman–Crippen LogP) is 2.83. The minimum absolute atomic E-state index is 0.0403. The molecule has 1 heterocycles. The Morgan fingerprint density at radius 1 is 0.948 bits per heavy atom.